The van der Waals surface area contributed by atoms with E-state index in [1.165, 1.54) is 18.5 Å². The molecule has 1 aromatic carbocycles. The summed E-state index contributed by atoms with van der Waals surface area (Å²) in [7, 11) is 0. The SMILES string of the molecule is Nc1nc(Cc2ccccc2C(F)(F)F)nc2nc[nH]c12. The van der Waals surface area contributed by atoms with Crippen molar-refractivity contribution in [2.24, 2.45) is 0 Å². The topological polar surface area (TPSA) is 80.5 Å². The van der Waals surface area contributed by atoms with Crippen LogP contribution in [0.15, 0.2) is 30.6 Å². The first-order valence-electron chi connectivity index (χ1n) is 6.05. The molecule has 3 aromatic rings. The number of imidazole rings is 1. The van der Waals surface area contributed by atoms with Crippen molar-refractivity contribution in [2.75, 3.05) is 5.73 Å². The molecule has 0 saturated carbocycles. The summed E-state index contributed by atoms with van der Waals surface area (Å²) < 4.78 is 38.9. The Hall–Kier alpha value is -2.64. The molecule has 0 bridgehead atoms. The van der Waals surface area contributed by atoms with Crippen LogP contribution in [0.25, 0.3) is 11.2 Å². The molecule has 0 saturated heterocycles. The van der Waals surface area contributed by atoms with Gasteiger partial charge in [0.2, 0.25) is 0 Å². The van der Waals surface area contributed by atoms with E-state index in [9.17, 15) is 13.2 Å². The van der Waals surface area contributed by atoms with Gasteiger partial charge < -0.3 is 10.7 Å². The van der Waals surface area contributed by atoms with E-state index in [0.29, 0.717) is 11.2 Å². The third kappa shape index (κ3) is 2.51. The predicted octanol–water partition coefficient (Wildman–Crippen LogP) is 2.54. The van der Waals surface area contributed by atoms with Gasteiger partial charge in [0.25, 0.3) is 0 Å². The van der Waals surface area contributed by atoms with Crippen LogP contribution in [-0.4, -0.2) is 19.9 Å². The second-order valence-electron chi connectivity index (χ2n) is 4.46. The number of nitrogens with two attached hydrogens (primary N) is 1. The molecular formula is C13H10F3N5. The molecule has 0 atom stereocenters. The number of H-pyrrole nitrogens is 1. The summed E-state index contributed by atoms with van der Waals surface area (Å²) in [5, 5.41) is 0. The second kappa shape index (κ2) is 4.72. The van der Waals surface area contributed by atoms with Gasteiger partial charge in [0.15, 0.2) is 11.5 Å². The van der Waals surface area contributed by atoms with Crippen molar-refractivity contribution >= 4 is 17.0 Å². The highest BCUT2D eigenvalue weighted by atomic mass is 19.4. The van der Waals surface area contributed by atoms with Gasteiger partial charge in [-0.25, -0.2) is 15.0 Å². The predicted molar refractivity (Wildman–Crippen MR) is 70.3 cm³/mol. The Kier molecular flexibility index (Phi) is 3.00. The minimum Gasteiger partial charge on any atom is -0.382 e. The first kappa shape index (κ1) is 13.3. The van der Waals surface area contributed by atoms with E-state index in [2.05, 4.69) is 19.9 Å². The summed E-state index contributed by atoms with van der Waals surface area (Å²) in [6.07, 6.45) is -3.08. The Balaban J connectivity index is 2.03. The zero-order valence-electron chi connectivity index (χ0n) is 10.6. The lowest BCUT2D eigenvalue weighted by Gasteiger charge is -2.12. The molecule has 108 valence electrons. The molecule has 3 rings (SSSR count). The molecular weight excluding hydrogens is 283 g/mol. The maximum Gasteiger partial charge on any atom is 0.416 e. The molecule has 2 aromatic heterocycles. The Morgan fingerprint density at radius 1 is 1.14 bits per heavy atom. The molecule has 21 heavy (non-hydrogen) atoms. The maximum atomic E-state index is 13.0. The zero-order chi connectivity index (χ0) is 15.0. The summed E-state index contributed by atoms with van der Waals surface area (Å²) in [6.45, 7) is 0. The lowest BCUT2D eigenvalue weighted by molar-refractivity contribution is -0.138. The lowest BCUT2D eigenvalue weighted by atomic mass is 10.0. The van der Waals surface area contributed by atoms with Crippen LogP contribution in [-0.2, 0) is 12.6 Å². The van der Waals surface area contributed by atoms with E-state index >= 15 is 0 Å². The van der Waals surface area contributed by atoms with Crippen LogP contribution in [0.2, 0.25) is 0 Å². The summed E-state index contributed by atoms with van der Waals surface area (Å²) in [4.78, 5) is 14.9. The van der Waals surface area contributed by atoms with E-state index in [1.54, 1.807) is 6.07 Å². The van der Waals surface area contributed by atoms with Crippen LogP contribution in [0.1, 0.15) is 17.0 Å². The van der Waals surface area contributed by atoms with Gasteiger partial charge in [-0.15, -0.1) is 0 Å². The second-order valence-corrected chi connectivity index (χ2v) is 4.46. The number of nitrogens with zero attached hydrogens (tertiary/aromatic N) is 3. The third-order valence-corrected chi connectivity index (χ3v) is 3.03. The van der Waals surface area contributed by atoms with Crippen molar-refractivity contribution in [1.29, 1.82) is 0 Å². The van der Waals surface area contributed by atoms with Gasteiger partial charge in [0.05, 0.1) is 11.9 Å². The van der Waals surface area contributed by atoms with Gasteiger partial charge in [0.1, 0.15) is 11.3 Å². The van der Waals surface area contributed by atoms with Gasteiger partial charge in [-0.05, 0) is 11.6 Å². The molecule has 8 heteroatoms. The highest BCUT2D eigenvalue weighted by Gasteiger charge is 2.33. The Morgan fingerprint density at radius 2 is 1.90 bits per heavy atom. The molecule has 0 fully saturated rings. The van der Waals surface area contributed by atoms with Gasteiger partial charge in [-0.2, -0.15) is 13.2 Å². The van der Waals surface area contributed by atoms with Gasteiger partial charge in [0, 0.05) is 6.42 Å². The number of hydrogen-bond acceptors (Lipinski definition) is 4. The number of aromatic amines is 1. The average molecular weight is 293 g/mol. The van der Waals surface area contributed by atoms with Crippen molar-refractivity contribution in [3.63, 3.8) is 0 Å². The molecule has 0 spiro atoms. The minimum atomic E-state index is -4.42. The van der Waals surface area contributed by atoms with Gasteiger partial charge in [-0.1, -0.05) is 18.2 Å². The van der Waals surface area contributed by atoms with Crippen molar-refractivity contribution in [1.82, 2.24) is 19.9 Å². The quantitative estimate of drug-likeness (QED) is 0.761. The molecule has 0 amide bonds. The van der Waals surface area contributed by atoms with E-state index in [4.69, 9.17) is 5.73 Å². The van der Waals surface area contributed by atoms with Gasteiger partial charge >= 0.3 is 6.18 Å². The lowest BCUT2D eigenvalue weighted by Crippen LogP contribution is -2.10. The molecule has 0 radical (unpaired) electrons. The molecule has 0 aliphatic carbocycles. The van der Waals surface area contributed by atoms with Gasteiger partial charge in [-0.3, -0.25) is 0 Å². The smallest absolute Gasteiger partial charge is 0.382 e. The van der Waals surface area contributed by atoms with E-state index < -0.39 is 11.7 Å². The maximum absolute atomic E-state index is 13.0. The molecule has 0 aliphatic rings. The Labute approximate surface area is 117 Å². The van der Waals surface area contributed by atoms with Crippen LogP contribution in [0.4, 0.5) is 19.0 Å². The molecule has 3 N–H and O–H groups in total. The average Bonchev–Trinajstić information content (AvgIpc) is 2.87. The van der Waals surface area contributed by atoms with E-state index in [0.717, 1.165) is 6.07 Å². The number of aromatic nitrogens is 4. The summed E-state index contributed by atoms with van der Waals surface area (Å²) in [5.41, 5.74) is 5.94. The summed E-state index contributed by atoms with van der Waals surface area (Å²) in [5.74, 6) is 0.362. The number of halogens is 3. The molecule has 2 heterocycles. The molecule has 5 nitrogen and oxygen atoms in total. The number of alkyl halides is 3. The largest absolute Gasteiger partial charge is 0.416 e. The summed E-state index contributed by atoms with van der Waals surface area (Å²) >= 11 is 0. The van der Waals surface area contributed by atoms with Crippen LogP contribution >= 0.6 is 0 Å². The fraction of sp³-hybridized carbons (Fsp3) is 0.154. The van der Waals surface area contributed by atoms with E-state index in [-0.39, 0.29) is 23.6 Å². The fourth-order valence-corrected chi connectivity index (χ4v) is 2.10. The normalized spacial score (nSPS) is 12.0. The highest BCUT2D eigenvalue weighted by Crippen LogP contribution is 2.32. The minimum absolute atomic E-state index is 0.0668. The fourth-order valence-electron chi connectivity index (χ4n) is 2.10. The number of fused-ring (bicyclic) bond motifs is 1. The van der Waals surface area contributed by atoms with Crippen molar-refractivity contribution in [3.05, 3.63) is 47.5 Å². The Morgan fingerprint density at radius 3 is 2.67 bits per heavy atom. The number of anilines is 1. The van der Waals surface area contributed by atoms with Crippen LogP contribution in [0.3, 0.4) is 0 Å². The standard InChI is InChI=1S/C13H10F3N5/c14-13(15,16)8-4-2-1-3-7(8)5-9-20-11(17)10-12(21-9)19-6-18-10/h1-4,6H,5H2,(H3,17,18,19,20,21). The highest BCUT2D eigenvalue weighted by molar-refractivity contribution is 5.80. The third-order valence-electron chi connectivity index (χ3n) is 3.03. The number of benzene rings is 1. The molecule has 0 unspecified atom stereocenters. The van der Waals surface area contributed by atoms with E-state index in [1.807, 2.05) is 0 Å². The van der Waals surface area contributed by atoms with Crippen molar-refractivity contribution in [3.8, 4) is 0 Å². The van der Waals surface area contributed by atoms with Crippen molar-refractivity contribution < 1.29 is 13.2 Å². The summed E-state index contributed by atoms with van der Waals surface area (Å²) in [6, 6.07) is 5.32. The van der Waals surface area contributed by atoms with Crippen LogP contribution in [0.5, 0.6) is 0 Å². The number of rotatable bonds is 2. The molecule has 0 aliphatic heterocycles. The number of nitrogen functional groups attached to an aromatic ring is 1. The number of nitrogens with one attached hydrogen (secondary N) is 1. The first-order valence-corrected chi connectivity index (χ1v) is 6.05. The van der Waals surface area contributed by atoms with Crippen LogP contribution < -0.4 is 5.73 Å². The first-order chi connectivity index (χ1) is 9.95. The zero-order valence-corrected chi connectivity index (χ0v) is 10.6. The van der Waals surface area contributed by atoms with Crippen molar-refractivity contribution in [2.45, 2.75) is 12.6 Å². The van der Waals surface area contributed by atoms with Crippen LogP contribution in [0, 0.1) is 0 Å². The monoisotopic (exact) mass is 293 g/mol. The number of hydrogen-bond donors (Lipinski definition) is 2. The Bertz CT molecular complexity index is 794.